The van der Waals surface area contributed by atoms with Crippen LogP contribution in [0.2, 0.25) is 0 Å². The quantitative estimate of drug-likeness (QED) is 0.634. The first-order valence-corrected chi connectivity index (χ1v) is 12.5. The van der Waals surface area contributed by atoms with Gasteiger partial charge in [-0.25, -0.2) is 13.2 Å². The number of carboxylic acids is 1. The lowest BCUT2D eigenvalue weighted by Gasteiger charge is -2.29. The van der Waals surface area contributed by atoms with E-state index in [0.29, 0.717) is 31.0 Å². The van der Waals surface area contributed by atoms with Crippen molar-refractivity contribution >= 4 is 21.7 Å². The second kappa shape index (κ2) is 10.3. The predicted molar refractivity (Wildman–Crippen MR) is 121 cm³/mol. The fourth-order valence-electron chi connectivity index (χ4n) is 4.05. The maximum absolute atomic E-state index is 13.5. The third-order valence-corrected chi connectivity index (χ3v) is 7.82. The molecule has 1 aromatic carbocycles. The molecule has 0 amide bonds. The van der Waals surface area contributed by atoms with Gasteiger partial charge in [0.25, 0.3) is 0 Å². The van der Waals surface area contributed by atoms with E-state index in [1.807, 2.05) is 18.2 Å². The van der Waals surface area contributed by atoms with Crippen LogP contribution in [-0.2, 0) is 10.0 Å². The largest absolute Gasteiger partial charge is 0.478 e. The van der Waals surface area contributed by atoms with E-state index in [4.69, 9.17) is 4.74 Å². The van der Waals surface area contributed by atoms with Gasteiger partial charge in [0.05, 0.1) is 11.3 Å². The minimum Gasteiger partial charge on any atom is -0.478 e. The van der Waals surface area contributed by atoms with Crippen molar-refractivity contribution in [3.8, 4) is 5.75 Å². The van der Waals surface area contributed by atoms with Crippen LogP contribution in [0.1, 0.15) is 62.7 Å². The molecule has 0 aromatic heterocycles. The highest BCUT2D eigenvalue weighted by Crippen LogP contribution is 2.40. The van der Waals surface area contributed by atoms with Crippen molar-refractivity contribution in [2.24, 2.45) is 0 Å². The number of hydrogen-bond acceptors (Lipinski definition) is 5. The Labute approximate surface area is 185 Å². The molecule has 7 nitrogen and oxygen atoms in total. The number of carbonyl (C=O) groups is 1. The zero-order chi connectivity index (χ0) is 22.4. The van der Waals surface area contributed by atoms with Crippen molar-refractivity contribution in [1.29, 1.82) is 0 Å². The molecule has 1 aliphatic heterocycles. The highest BCUT2D eigenvalue weighted by molar-refractivity contribution is 7.89. The molecule has 8 heteroatoms. The summed E-state index contributed by atoms with van der Waals surface area (Å²) in [5, 5.41) is 9.73. The van der Waals surface area contributed by atoms with E-state index >= 15 is 0 Å². The molecule has 2 aliphatic rings. The van der Waals surface area contributed by atoms with Crippen molar-refractivity contribution in [1.82, 2.24) is 4.31 Å². The number of hydrogen-bond donors (Lipinski definition) is 1. The molecule has 3 rings (SSSR count). The van der Waals surface area contributed by atoms with Gasteiger partial charge in [0, 0.05) is 32.6 Å². The summed E-state index contributed by atoms with van der Waals surface area (Å²) in [7, 11) is -3.94. The molecule has 0 spiro atoms. The van der Waals surface area contributed by atoms with Crippen molar-refractivity contribution in [2.45, 2.75) is 57.3 Å². The standard InChI is InChI=1S/C23H32N2O5S/c1-3-25(4-2)31(28,29)21-17-18(23(26)27)16-20(24-14-10-5-6-11-15-24)22(21)30-19-12-8-7-9-13-19/h7-8,12,16-17H,3-6,9-11,13-15H2,1-2H3,(H,26,27). The van der Waals surface area contributed by atoms with E-state index in [-0.39, 0.29) is 16.2 Å². The van der Waals surface area contributed by atoms with E-state index in [2.05, 4.69) is 4.90 Å². The van der Waals surface area contributed by atoms with E-state index < -0.39 is 16.0 Å². The molecular weight excluding hydrogens is 416 g/mol. The Hall–Kier alpha value is -2.32. The molecule has 0 radical (unpaired) electrons. The Morgan fingerprint density at radius 1 is 1.13 bits per heavy atom. The normalized spacial score (nSPS) is 17.4. The van der Waals surface area contributed by atoms with Crippen molar-refractivity contribution in [3.05, 3.63) is 41.7 Å². The molecule has 0 atom stereocenters. The number of carboxylic acid groups (broad SMARTS) is 1. The van der Waals surface area contributed by atoms with Crippen LogP contribution in [0.4, 0.5) is 5.69 Å². The van der Waals surface area contributed by atoms with E-state index in [1.54, 1.807) is 19.9 Å². The van der Waals surface area contributed by atoms with Gasteiger partial charge in [0.15, 0.2) is 5.75 Å². The Kier molecular flexibility index (Phi) is 7.78. The van der Waals surface area contributed by atoms with Gasteiger partial charge >= 0.3 is 5.97 Å². The van der Waals surface area contributed by atoms with Crippen LogP contribution >= 0.6 is 0 Å². The summed E-state index contributed by atoms with van der Waals surface area (Å²) in [4.78, 5) is 13.9. The Morgan fingerprint density at radius 2 is 1.81 bits per heavy atom. The number of ether oxygens (including phenoxy) is 1. The summed E-state index contributed by atoms with van der Waals surface area (Å²) in [6.45, 7) is 5.60. The van der Waals surface area contributed by atoms with Crippen LogP contribution < -0.4 is 9.64 Å². The molecule has 0 bridgehead atoms. The number of allylic oxidation sites excluding steroid dienone is 4. The van der Waals surface area contributed by atoms with Gasteiger partial charge in [-0.3, -0.25) is 0 Å². The van der Waals surface area contributed by atoms with Gasteiger partial charge in [0.1, 0.15) is 10.7 Å². The summed E-state index contributed by atoms with van der Waals surface area (Å²) in [5.41, 5.74) is 0.498. The highest BCUT2D eigenvalue weighted by Gasteiger charge is 2.31. The summed E-state index contributed by atoms with van der Waals surface area (Å²) in [5.74, 6) is -0.239. The molecule has 1 heterocycles. The molecule has 0 saturated carbocycles. The third-order valence-electron chi connectivity index (χ3n) is 5.76. The maximum atomic E-state index is 13.5. The second-order valence-corrected chi connectivity index (χ2v) is 9.73. The highest BCUT2D eigenvalue weighted by atomic mass is 32.2. The lowest BCUT2D eigenvalue weighted by molar-refractivity contribution is 0.0696. The van der Waals surface area contributed by atoms with Gasteiger partial charge in [-0.05, 0) is 37.5 Å². The third kappa shape index (κ3) is 5.30. The molecule has 1 fully saturated rings. The van der Waals surface area contributed by atoms with Crippen LogP contribution in [-0.4, -0.2) is 50.0 Å². The minimum atomic E-state index is -3.94. The second-order valence-electron chi connectivity index (χ2n) is 7.82. The summed E-state index contributed by atoms with van der Waals surface area (Å²) < 4.78 is 34.6. The van der Waals surface area contributed by atoms with E-state index in [9.17, 15) is 18.3 Å². The molecule has 170 valence electrons. The fraction of sp³-hybridized carbons (Fsp3) is 0.522. The molecule has 0 unspecified atom stereocenters. The number of nitrogens with zero attached hydrogens (tertiary/aromatic N) is 2. The van der Waals surface area contributed by atoms with Gasteiger partial charge in [-0.2, -0.15) is 4.31 Å². The summed E-state index contributed by atoms with van der Waals surface area (Å²) in [6, 6.07) is 2.80. The Bertz CT molecular complexity index is 956. The number of benzene rings is 1. The first kappa shape index (κ1) is 23.3. The van der Waals surface area contributed by atoms with Crippen molar-refractivity contribution < 1.29 is 23.1 Å². The van der Waals surface area contributed by atoms with Crippen LogP contribution in [0.15, 0.2) is 41.0 Å². The lowest BCUT2D eigenvalue weighted by Crippen LogP contribution is -2.32. The number of anilines is 1. The van der Waals surface area contributed by atoms with Crippen LogP contribution in [0.25, 0.3) is 0 Å². The van der Waals surface area contributed by atoms with E-state index in [1.165, 1.54) is 10.4 Å². The van der Waals surface area contributed by atoms with Gasteiger partial charge in [-0.1, -0.05) is 38.8 Å². The average molecular weight is 449 g/mol. The van der Waals surface area contributed by atoms with Crippen LogP contribution in [0.5, 0.6) is 5.75 Å². The number of rotatable bonds is 8. The minimum absolute atomic E-state index is 0.0464. The first-order valence-electron chi connectivity index (χ1n) is 11.1. The maximum Gasteiger partial charge on any atom is 0.335 e. The molecule has 31 heavy (non-hydrogen) atoms. The monoisotopic (exact) mass is 448 g/mol. The van der Waals surface area contributed by atoms with Crippen LogP contribution in [0, 0.1) is 0 Å². The van der Waals surface area contributed by atoms with Crippen molar-refractivity contribution in [2.75, 3.05) is 31.1 Å². The van der Waals surface area contributed by atoms with Gasteiger partial charge in [0.2, 0.25) is 10.0 Å². The molecule has 1 aromatic rings. The van der Waals surface area contributed by atoms with Crippen molar-refractivity contribution in [3.63, 3.8) is 0 Å². The number of aromatic carboxylic acids is 1. The summed E-state index contributed by atoms with van der Waals surface area (Å²) in [6.07, 6.45) is 11.4. The lowest BCUT2D eigenvalue weighted by atomic mass is 10.1. The zero-order valence-corrected chi connectivity index (χ0v) is 19.2. The Morgan fingerprint density at radius 3 is 2.35 bits per heavy atom. The van der Waals surface area contributed by atoms with E-state index in [0.717, 1.165) is 45.2 Å². The van der Waals surface area contributed by atoms with Gasteiger partial charge < -0.3 is 14.7 Å². The topological polar surface area (TPSA) is 87.2 Å². The zero-order valence-electron chi connectivity index (χ0n) is 18.3. The fourth-order valence-corrected chi connectivity index (χ4v) is 5.67. The molecule has 1 N–H and O–H groups in total. The first-order chi connectivity index (χ1) is 14.9. The molecule has 1 saturated heterocycles. The average Bonchev–Trinajstić information content (AvgIpc) is 3.04. The molecule has 1 aliphatic carbocycles. The SMILES string of the molecule is CCN(CC)S(=O)(=O)c1cc(C(=O)O)cc(N2CCCCCC2)c1OC1=CC=CCC1. The Balaban J connectivity index is 2.23. The predicted octanol–water partition coefficient (Wildman–Crippen LogP) is 4.41. The van der Waals surface area contributed by atoms with Crippen LogP contribution in [0.3, 0.4) is 0 Å². The number of sulfonamides is 1. The smallest absolute Gasteiger partial charge is 0.335 e. The summed E-state index contributed by atoms with van der Waals surface area (Å²) >= 11 is 0. The molecular formula is C23H32N2O5S. The van der Waals surface area contributed by atoms with Gasteiger partial charge in [-0.15, -0.1) is 0 Å².